The van der Waals surface area contributed by atoms with Gasteiger partial charge in [-0.15, -0.1) is 0 Å². The number of methoxy groups -OCH3 is 1. The summed E-state index contributed by atoms with van der Waals surface area (Å²) in [4.78, 5) is 24.7. The molecule has 1 aromatic rings. The number of Topliss-reactive ketones (excluding diaryl/α,β-unsaturated/α-hetero) is 1. The first kappa shape index (κ1) is 18.2. The zero-order chi connectivity index (χ0) is 19.4. The van der Waals surface area contributed by atoms with Crippen molar-refractivity contribution in [1.82, 2.24) is 0 Å². The van der Waals surface area contributed by atoms with E-state index in [-0.39, 0.29) is 22.8 Å². The summed E-state index contributed by atoms with van der Waals surface area (Å²) in [6, 6.07) is 2.86. The Hall–Kier alpha value is -2.58. The maximum Gasteiger partial charge on any atom is 0.303 e. The number of aliphatic hydroxyl groups excluding tert-OH is 1. The number of fused-ring (bicyclic) bond motifs is 2. The third-order valence-electron chi connectivity index (χ3n) is 4.91. The number of phenolic OH excluding ortho intramolecular Hbond substituents is 1. The Kier molecular flexibility index (Phi) is 4.01. The molecule has 140 valence electrons. The molecule has 0 aromatic heterocycles. The number of benzene rings is 1. The van der Waals surface area contributed by atoms with E-state index in [0.717, 1.165) is 13.0 Å². The number of aliphatic hydroxyl groups is 2. The van der Waals surface area contributed by atoms with Gasteiger partial charge in [0.15, 0.2) is 5.60 Å². The van der Waals surface area contributed by atoms with Gasteiger partial charge in [0.25, 0.3) is 0 Å². The first-order valence-electron chi connectivity index (χ1n) is 7.97. The van der Waals surface area contributed by atoms with Crippen LogP contribution in [0.5, 0.6) is 11.5 Å². The van der Waals surface area contributed by atoms with Crippen LogP contribution in [-0.2, 0) is 14.3 Å². The molecule has 8 nitrogen and oxygen atoms in total. The fraction of sp³-hybridized carbons (Fsp3) is 0.444. The lowest BCUT2D eigenvalue weighted by molar-refractivity contribution is -0.210. The molecule has 0 amide bonds. The van der Waals surface area contributed by atoms with E-state index in [4.69, 9.17) is 14.2 Å². The summed E-state index contributed by atoms with van der Waals surface area (Å²) in [7, 11) is 1.30. The summed E-state index contributed by atoms with van der Waals surface area (Å²) in [5.41, 5.74) is -4.02. The summed E-state index contributed by atoms with van der Waals surface area (Å²) in [5.74, 6) is -1.95. The number of ketones is 1. The van der Waals surface area contributed by atoms with Crippen LogP contribution in [-0.4, -0.2) is 57.6 Å². The average molecular weight is 364 g/mol. The van der Waals surface area contributed by atoms with E-state index < -0.39 is 35.2 Å². The van der Waals surface area contributed by atoms with Gasteiger partial charge in [0.2, 0.25) is 17.5 Å². The molecular formula is C18H20O8. The Balaban J connectivity index is 2.28. The van der Waals surface area contributed by atoms with E-state index in [1.54, 1.807) is 6.92 Å². The lowest BCUT2D eigenvalue weighted by Crippen LogP contribution is -2.75. The standard InChI is InChI=1S/C18H20O8/c1-8-5-10(20)14-11(6-8)26-17(3)16(25-9(2)19)12(24-4)7-13(21)18(17,23)15(14)22/h5-7,13,16,20-21,23H,1-4H3/t13-,16-,17+,18+/m0/s1. The summed E-state index contributed by atoms with van der Waals surface area (Å²) >= 11 is 0. The third-order valence-corrected chi connectivity index (χ3v) is 4.91. The van der Waals surface area contributed by atoms with Gasteiger partial charge < -0.3 is 29.5 Å². The molecule has 0 saturated heterocycles. The van der Waals surface area contributed by atoms with Gasteiger partial charge in [-0.25, -0.2) is 0 Å². The molecule has 1 aliphatic heterocycles. The highest BCUT2D eigenvalue weighted by Gasteiger charge is 2.70. The SMILES string of the molecule is COC1=C[C@H](O)[C@@]2(O)C(=O)c3c(O)cc(C)cc3O[C@]2(C)[C@H]1OC(C)=O. The maximum absolute atomic E-state index is 13.1. The summed E-state index contributed by atoms with van der Waals surface area (Å²) in [5, 5.41) is 31.9. The number of carbonyl (C=O) groups excluding carboxylic acids is 2. The molecule has 3 N–H and O–H groups in total. The van der Waals surface area contributed by atoms with Crippen molar-refractivity contribution in [2.45, 2.75) is 44.2 Å². The highest BCUT2D eigenvalue weighted by atomic mass is 16.6. The van der Waals surface area contributed by atoms with Gasteiger partial charge in [0, 0.05) is 6.92 Å². The minimum absolute atomic E-state index is 0.0152. The molecule has 0 saturated carbocycles. The molecule has 0 fully saturated rings. The van der Waals surface area contributed by atoms with Gasteiger partial charge in [-0.3, -0.25) is 9.59 Å². The number of ether oxygens (including phenoxy) is 3. The van der Waals surface area contributed by atoms with Crippen molar-refractivity contribution in [3.05, 3.63) is 35.1 Å². The summed E-state index contributed by atoms with van der Waals surface area (Å²) in [6.45, 7) is 4.20. The van der Waals surface area contributed by atoms with Gasteiger partial charge in [-0.1, -0.05) is 0 Å². The fourth-order valence-electron chi connectivity index (χ4n) is 3.59. The predicted molar refractivity (Wildman–Crippen MR) is 87.8 cm³/mol. The van der Waals surface area contributed by atoms with Crippen molar-refractivity contribution in [1.29, 1.82) is 0 Å². The van der Waals surface area contributed by atoms with Crippen LogP contribution in [0, 0.1) is 6.92 Å². The molecule has 0 bridgehead atoms. The van der Waals surface area contributed by atoms with E-state index in [1.165, 1.54) is 26.2 Å². The second-order valence-corrected chi connectivity index (χ2v) is 6.67. The second-order valence-electron chi connectivity index (χ2n) is 6.67. The normalized spacial score (nSPS) is 32.7. The zero-order valence-corrected chi connectivity index (χ0v) is 14.8. The van der Waals surface area contributed by atoms with Crippen LogP contribution in [0.1, 0.15) is 29.8 Å². The van der Waals surface area contributed by atoms with E-state index >= 15 is 0 Å². The molecule has 8 heteroatoms. The molecular weight excluding hydrogens is 344 g/mol. The van der Waals surface area contributed by atoms with E-state index in [2.05, 4.69) is 0 Å². The molecule has 0 radical (unpaired) electrons. The summed E-state index contributed by atoms with van der Waals surface area (Å²) in [6.07, 6.45) is -1.92. The van der Waals surface area contributed by atoms with E-state index in [9.17, 15) is 24.9 Å². The van der Waals surface area contributed by atoms with Crippen molar-refractivity contribution in [3.63, 3.8) is 0 Å². The molecule has 3 rings (SSSR count). The number of hydrogen-bond acceptors (Lipinski definition) is 8. The summed E-state index contributed by atoms with van der Waals surface area (Å²) < 4.78 is 16.3. The molecule has 2 aliphatic rings. The first-order chi connectivity index (χ1) is 12.1. The van der Waals surface area contributed by atoms with Crippen LogP contribution in [0.3, 0.4) is 0 Å². The Morgan fingerprint density at radius 2 is 2.00 bits per heavy atom. The predicted octanol–water partition coefficient (Wildman–Crippen LogP) is 0.602. The van der Waals surface area contributed by atoms with Crippen LogP contribution in [0.25, 0.3) is 0 Å². The molecule has 1 aromatic carbocycles. The number of aromatic hydroxyl groups is 1. The van der Waals surface area contributed by atoms with Crippen molar-refractivity contribution in [2.24, 2.45) is 0 Å². The molecule has 0 spiro atoms. The quantitative estimate of drug-likeness (QED) is 0.652. The lowest BCUT2D eigenvalue weighted by atomic mass is 9.66. The van der Waals surface area contributed by atoms with Crippen molar-refractivity contribution in [3.8, 4) is 11.5 Å². The number of aryl methyl sites for hydroxylation is 1. The Morgan fingerprint density at radius 3 is 2.58 bits per heavy atom. The third kappa shape index (κ3) is 2.22. The van der Waals surface area contributed by atoms with E-state index in [1.807, 2.05) is 0 Å². The van der Waals surface area contributed by atoms with Crippen LogP contribution in [0.15, 0.2) is 24.0 Å². The number of carbonyl (C=O) groups is 2. The van der Waals surface area contributed by atoms with Gasteiger partial charge in [-0.05, 0) is 37.6 Å². The Bertz CT molecular complexity index is 829. The number of esters is 1. The highest BCUT2D eigenvalue weighted by Crippen LogP contribution is 2.50. The largest absolute Gasteiger partial charge is 0.507 e. The minimum Gasteiger partial charge on any atom is -0.507 e. The average Bonchev–Trinajstić information content (AvgIpc) is 2.53. The highest BCUT2D eigenvalue weighted by molar-refractivity contribution is 6.09. The monoisotopic (exact) mass is 364 g/mol. The second kappa shape index (κ2) is 5.72. The number of phenols is 1. The maximum atomic E-state index is 13.1. The van der Waals surface area contributed by atoms with E-state index in [0.29, 0.717) is 5.56 Å². The Morgan fingerprint density at radius 1 is 1.35 bits per heavy atom. The molecule has 26 heavy (non-hydrogen) atoms. The number of rotatable bonds is 2. The lowest BCUT2D eigenvalue weighted by Gasteiger charge is -2.53. The number of hydrogen-bond donors (Lipinski definition) is 3. The van der Waals surface area contributed by atoms with Gasteiger partial charge in [0.05, 0.1) is 7.11 Å². The molecule has 1 aliphatic carbocycles. The smallest absolute Gasteiger partial charge is 0.303 e. The van der Waals surface area contributed by atoms with Gasteiger partial charge in [0.1, 0.15) is 28.9 Å². The van der Waals surface area contributed by atoms with Gasteiger partial charge in [-0.2, -0.15) is 0 Å². The van der Waals surface area contributed by atoms with Gasteiger partial charge >= 0.3 is 5.97 Å². The van der Waals surface area contributed by atoms with Crippen LogP contribution in [0.4, 0.5) is 0 Å². The van der Waals surface area contributed by atoms with Crippen LogP contribution in [0.2, 0.25) is 0 Å². The Labute approximate surface area is 149 Å². The first-order valence-corrected chi connectivity index (χ1v) is 7.97. The van der Waals surface area contributed by atoms with Crippen LogP contribution < -0.4 is 4.74 Å². The van der Waals surface area contributed by atoms with Crippen LogP contribution >= 0.6 is 0 Å². The molecule has 4 atom stereocenters. The van der Waals surface area contributed by atoms with Crippen molar-refractivity contribution < 1.29 is 39.1 Å². The minimum atomic E-state index is -2.51. The fourth-order valence-corrected chi connectivity index (χ4v) is 3.59. The molecule has 0 unspecified atom stereocenters. The molecule has 1 heterocycles. The zero-order valence-electron chi connectivity index (χ0n) is 14.8. The topological polar surface area (TPSA) is 123 Å². The van der Waals surface area contributed by atoms with Crippen molar-refractivity contribution in [2.75, 3.05) is 7.11 Å². The van der Waals surface area contributed by atoms with Crippen molar-refractivity contribution >= 4 is 11.8 Å².